The van der Waals surface area contributed by atoms with Gasteiger partial charge in [-0.25, -0.2) is 4.79 Å². The number of hydrogen-bond donors (Lipinski definition) is 0. The Labute approximate surface area is 113 Å². The van der Waals surface area contributed by atoms with Crippen LogP contribution in [0.2, 0.25) is 0 Å². The van der Waals surface area contributed by atoms with E-state index in [1.54, 1.807) is 25.3 Å². The van der Waals surface area contributed by atoms with E-state index in [1.165, 1.54) is 7.11 Å². The molecule has 2 rings (SSSR count). The minimum Gasteiger partial charge on any atom is -0.497 e. The van der Waals surface area contributed by atoms with Gasteiger partial charge in [-0.2, -0.15) is 0 Å². The molecular formula is C13H15O5S+. The van der Waals surface area contributed by atoms with Crippen LogP contribution in [0, 0.1) is 0 Å². The maximum atomic E-state index is 11.9. The lowest BCUT2D eigenvalue weighted by Crippen LogP contribution is -2.13. The summed E-state index contributed by atoms with van der Waals surface area (Å²) < 4.78 is 21.1. The highest BCUT2D eigenvalue weighted by molar-refractivity contribution is 7.91. The molecule has 0 atom stereocenters. The zero-order chi connectivity index (χ0) is 14.0. The Hall–Kier alpha value is -1.82. The second-order valence-electron chi connectivity index (χ2n) is 3.94. The highest BCUT2D eigenvalue weighted by Crippen LogP contribution is 2.34. The summed E-state index contributed by atoms with van der Waals surface area (Å²) in [4.78, 5) is 11.9. The molecule has 0 bridgehead atoms. The number of hydrogen-bond acceptors (Lipinski definition) is 5. The Morgan fingerprint density at radius 1 is 1.11 bits per heavy atom. The lowest BCUT2D eigenvalue weighted by atomic mass is 10.2. The summed E-state index contributed by atoms with van der Waals surface area (Å²) in [5.74, 6) is 1.10. The fourth-order valence-corrected chi connectivity index (χ4v) is 2.18. The van der Waals surface area contributed by atoms with Crippen LogP contribution in [0.25, 0.3) is 11.0 Å². The molecule has 1 aromatic heterocycles. The zero-order valence-corrected chi connectivity index (χ0v) is 12.0. The van der Waals surface area contributed by atoms with Crippen LogP contribution >= 0.6 is 0 Å². The summed E-state index contributed by atoms with van der Waals surface area (Å²) in [5.41, 5.74) is -0.153. The van der Waals surface area contributed by atoms with Crippen molar-refractivity contribution in [3.8, 4) is 17.2 Å². The molecule has 0 spiro atoms. The van der Waals surface area contributed by atoms with Crippen molar-refractivity contribution in [2.45, 2.75) is 0 Å². The normalized spacial score (nSPS) is 10.8. The van der Waals surface area contributed by atoms with E-state index in [-0.39, 0.29) is 5.75 Å². The van der Waals surface area contributed by atoms with Crippen molar-refractivity contribution in [3.63, 3.8) is 0 Å². The minimum absolute atomic E-state index is 0.105. The van der Waals surface area contributed by atoms with Gasteiger partial charge in [-0.05, 0) is 12.1 Å². The molecule has 5 nitrogen and oxygen atoms in total. The third-order valence-corrected chi connectivity index (χ3v) is 2.98. The molecule has 0 aliphatic carbocycles. The molecule has 0 saturated carbocycles. The van der Waals surface area contributed by atoms with Gasteiger partial charge in [0.15, 0.2) is 16.9 Å². The molecule has 0 radical (unpaired) electrons. The second-order valence-corrected chi connectivity index (χ2v) is 5.59. The average molecular weight is 283 g/mol. The molecule has 0 N–H and O–H groups in total. The lowest BCUT2D eigenvalue weighted by Gasteiger charge is -2.08. The number of fused-ring (bicyclic) bond motifs is 1. The van der Waals surface area contributed by atoms with Gasteiger partial charge in [0.2, 0.25) is 0 Å². The van der Waals surface area contributed by atoms with E-state index >= 15 is 0 Å². The summed E-state index contributed by atoms with van der Waals surface area (Å²) in [6, 6.07) is 5.18. The van der Waals surface area contributed by atoms with Gasteiger partial charge in [-0.1, -0.05) is 0 Å². The molecule has 0 aliphatic heterocycles. The molecule has 19 heavy (non-hydrogen) atoms. The Kier molecular flexibility index (Phi) is 3.90. The summed E-state index contributed by atoms with van der Waals surface area (Å²) in [6.45, 7) is 0. The fourth-order valence-electron chi connectivity index (χ4n) is 1.70. The van der Waals surface area contributed by atoms with Crippen LogP contribution < -0.4 is 19.3 Å². The van der Waals surface area contributed by atoms with Crippen molar-refractivity contribution in [3.05, 3.63) is 28.6 Å². The predicted molar refractivity (Wildman–Crippen MR) is 75.4 cm³/mol. The summed E-state index contributed by atoms with van der Waals surface area (Å²) in [5, 5.41) is 0.670. The fraction of sp³-hybridized carbons (Fsp3) is 0.308. The molecule has 0 unspecified atom stereocenters. The molecular weight excluding hydrogens is 268 g/mol. The highest BCUT2D eigenvalue weighted by atomic mass is 32.2. The SMILES string of the molecule is COc1ccc2c(OC)c(O[S+](C)C)c(=O)oc2c1. The Morgan fingerprint density at radius 3 is 2.42 bits per heavy atom. The molecule has 6 heteroatoms. The van der Waals surface area contributed by atoms with Gasteiger partial charge in [0.25, 0.3) is 0 Å². The molecule has 1 aromatic carbocycles. The van der Waals surface area contributed by atoms with Crippen molar-refractivity contribution in [1.29, 1.82) is 0 Å². The summed E-state index contributed by atoms with van der Waals surface area (Å²) >= 11 is -0.402. The van der Waals surface area contributed by atoms with E-state index < -0.39 is 16.8 Å². The van der Waals surface area contributed by atoms with Gasteiger partial charge >= 0.3 is 11.4 Å². The largest absolute Gasteiger partial charge is 0.497 e. The molecule has 0 aliphatic rings. The van der Waals surface area contributed by atoms with E-state index in [0.717, 1.165) is 0 Å². The Balaban J connectivity index is 2.71. The van der Waals surface area contributed by atoms with Gasteiger partial charge in [0, 0.05) is 6.07 Å². The van der Waals surface area contributed by atoms with Gasteiger partial charge in [0.05, 0.1) is 19.6 Å². The van der Waals surface area contributed by atoms with Crippen molar-refractivity contribution in [1.82, 2.24) is 0 Å². The van der Waals surface area contributed by atoms with Crippen LogP contribution in [0.4, 0.5) is 0 Å². The molecule has 0 fully saturated rings. The van der Waals surface area contributed by atoms with Crippen molar-refractivity contribution in [2.75, 3.05) is 26.7 Å². The van der Waals surface area contributed by atoms with E-state index in [0.29, 0.717) is 22.5 Å². The van der Waals surface area contributed by atoms with E-state index in [4.69, 9.17) is 18.1 Å². The van der Waals surface area contributed by atoms with Crippen molar-refractivity contribution < 1.29 is 18.1 Å². The van der Waals surface area contributed by atoms with Gasteiger partial charge in [0.1, 0.15) is 23.8 Å². The first kappa shape index (κ1) is 13.6. The lowest BCUT2D eigenvalue weighted by molar-refractivity contribution is 0.389. The highest BCUT2D eigenvalue weighted by Gasteiger charge is 2.22. The zero-order valence-electron chi connectivity index (χ0n) is 11.2. The molecule has 2 aromatic rings. The number of rotatable bonds is 4. The van der Waals surface area contributed by atoms with Gasteiger partial charge in [-0.15, -0.1) is 0 Å². The quantitative estimate of drug-likeness (QED) is 0.634. The Morgan fingerprint density at radius 2 is 1.84 bits per heavy atom. The van der Waals surface area contributed by atoms with Crippen LogP contribution in [0.1, 0.15) is 0 Å². The third kappa shape index (κ3) is 2.63. The smallest absolute Gasteiger partial charge is 0.389 e. The minimum atomic E-state index is -0.557. The van der Waals surface area contributed by atoms with Gasteiger partial charge < -0.3 is 13.9 Å². The topological polar surface area (TPSA) is 57.9 Å². The monoisotopic (exact) mass is 283 g/mol. The van der Waals surface area contributed by atoms with Crippen LogP contribution in [-0.4, -0.2) is 26.7 Å². The average Bonchev–Trinajstić information content (AvgIpc) is 2.38. The predicted octanol–water partition coefficient (Wildman–Crippen LogP) is 1.98. The van der Waals surface area contributed by atoms with Crippen molar-refractivity contribution in [2.24, 2.45) is 0 Å². The first-order chi connectivity index (χ1) is 9.06. The van der Waals surface area contributed by atoms with E-state index in [9.17, 15) is 4.79 Å². The van der Waals surface area contributed by atoms with E-state index in [2.05, 4.69) is 0 Å². The standard InChI is InChI=1S/C13H15O5S/c1-15-8-5-6-9-10(7-8)17-13(14)12(11(9)16-2)18-19(3)4/h5-7H,1-4H3/q+1. The Bertz CT molecular complexity index is 647. The number of ether oxygens (including phenoxy) is 2. The first-order valence-electron chi connectivity index (χ1n) is 5.51. The summed E-state index contributed by atoms with van der Waals surface area (Å²) in [7, 11) is 3.04. The van der Waals surface area contributed by atoms with Gasteiger partial charge in [-0.3, -0.25) is 4.18 Å². The van der Waals surface area contributed by atoms with Crippen molar-refractivity contribution >= 4 is 22.1 Å². The number of benzene rings is 1. The summed E-state index contributed by atoms with van der Waals surface area (Å²) in [6.07, 6.45) is 3.72. The maximum absolute atomic E-state index is 11.9. The molecule has 0 amide bonds. The van der Waals surface area contributed by atoms with Crippen LogP contribution in [0.3, 0.4) is 0 Å². The molecule has 102 valence electrons. The third-order valence-electron chi connectivity index (χ3n) is 2.48. The van der Waals surface area contributed by atoms with E-state index in [1.807, 2.05) is 12.5 Å². The van der Waals surface area contributed by atoms with Crippen LogP contribution in [-0.2, 0) is 11.2 Å². The van der Waals surface area contributed by atoms with Crippen LogP contribution in [0.15, 0.2) is 27.4 Å². The van der Waals surface area contributed by atoms with Crippen LogP contribution in [0.5, 0.6) is 17.2 Å². The molecule has 0 saturated heterocycles. The number of methoxy groups -OCH3 is 2. The molecule has 1 heterocycles. The maximum Gasteiger partial charge on any atom is 0.389 e. The second kappa shape index (κ2) is 5.44. The first-order valence-corrected chi connectivity index (χ1v) is 7.48.